The van der Waals surface area contributed by atoms with Crippen molar-refractivity contribution in [2.75, 3.05) is 7.11 Å². The molecule has 1 saturated heterocycles. The van der Waals surface area contributed by atoms with Gasteiger partial charge in [-0.05, 0) is 38.0 Å². The van der Waals surface area contributed by atoms with Gasteiger partial charge in [-0.15, -0.1) is 0 Å². The minimum atomic E-state index is -4.44. The van der Waals surface area contributed by atoms with E-state index < -0.39 is 17.3 Å². The molecule has 1 fully saturated rings. The standard InChI is InChI=1S/C16H21F3N2O2/c1-15(2)13(6-7-14(22)21-15)20-9-10-4-5-11(23-3)8-12(10)16(17,18)19/h4-5,8,13,20H,6-7,9H2,1-3H3,(H,21,22). The van der Waals surface area contributed by atoms with E-state index in [4.69, 9.17) is 4.74 Å². The minimum absolute atomic E-state index is 0.0338. The Hall–Kier alpha value is -1.76. The number of halogens is 3. The Morgan fingerprint density at radius 3 is 2.65 bits per heavy atom. The van der Waals surface area contributed by atoms with Gasteiger partial charge in [-0.2, -0.15) is 13.2 Å². The Bertz CT molecular complexity index is 585. The summed E-state index contributed by atoms with van der Waals surface area (Å²) in [4.78, 5) is 11.5. The van der Waals surface area contributed by atoms with Crippen molar-refractivity contribution >= 4 is 5.91 Å². The molecule has 2 rings (SSSR count). The number of hydrogen-bond acceptors (Lipinski definition) is 3. The predicted octanol–water partition coefficient (Wildman–Crippen LogP) is 2.86. The summed E-state index contributed by atoms with van der Waals surface area (Å²) in [5.74, 6) is 0.139. The quantitative estimate of drug-likeness (QED) is 0.892. The van der Waals surface area contributed by atoms with Gasteiger partial charge in [0.2, 0.25) is 5.91 Å². The van der Waals surface area contributed by atoms with E-state index in [0.717, 1.165) is 6.07 Å². The number of benzene rings is 1. The Balaban J connectivity index is 2.16. The molecule has 1 aromatic rings. The summed E-state index contributed by atoms with van der Waals surface area (Å²) in [6.45, 7) is 3.80. The lowest BCUT2D eigenvalue weighted by atomic mass is 9.86. The van der Waals surface area contributed by atoms with E-state index in [1.165, 1.54) is 19.2 Å². The molecule has 0 radical (unpaired) electrons. The van der Waals surface area contributed by atoms with E-state index in [1.807, 2.05) is 13.8 Å². The Kier molecular flexibility index (Phi) is 4.89. The van der Waals surface area contributed by atoms with Crippen LogP contribution in [-0.2, 0) is 17.5 Å². The van der Waals surface area contributed by atoms with Gasteiger partial charge in [0, 0.05) is 24.5 Å². The third-order valence-electron chi connectivity index (χ3n) is 4.15. The van der Waals surface area contributed by atoms with Crippen molar-refractivity contribution in [1.29, 1.82) is 0 Å². The molecule has 1 heterocycles. The fraction of sp³-hybridized carbons (Fsp3) is 0.562. The molecular formula is C16H21F3N2O2. The molecule has 1 unspecified atom stereocenters. The summed E-state index contributed by atoms with van der Waals surface area (Å²) in [6.07, 6.45) is -3.48. The molecule has 7 heteroatoms. The van der Waals surface area contributed by atoms with Crippen molar-refractivity contribution in [2.24, 2.45) is 0 Å². The van der Waals surface area contributed by atoms with Gasteiger partial charge in [-0.3, -0.25) is 4.79 Å². The predicted molar refractivity (Wildman–Crippen MR) is 80.1 cm³/mol. The number of hydrogen-bond donors (Lipinski definition) is 2. The lowest BCUT2D eigenvalue weighted by molar-refractivity contribution is -0.138. The number of methoxy groups -OCH3 is 1. The van der Waals surface area contributed by atoms with E-state index >= 15 is 0 Å². The smallest absolute Gasteiger partial charge is 0.416 e. The van der Waals surface area contributed by atoms with Crippen LogP contribution in [0.3, 0.4) is 0 Å². The van der Waals surface area contributed by atoms with Gasteiger partial charge < -0.3 is 15.4 Å². The van der Waals surface area contributed by atoms with Crippen LogP contribution < -0.4 is 15.4 Å². The monoisotopic (exact) mass is 330 g/mol. The molecule has 1 atom stereocenters. The highest BCUT2D eigenvalue weighted by atomic mass is 19.4. The topological polar surface area (TPSA) is 50.4 Å². The van der Waals surface area contributed by atoms with Crippen molar-refractivity contribution in [3.8, 4) is 5.75 Å². The molecule has 128 valence electrons. The van der Waals surface area contributed by atoms with Gasteiger partial charge in [0.25, 0.3) is 0 Å². The van der Waals surface area contributed by atoms with E-state index in [1.54, 1.807) is 0 Å². The number of piperidine rings is 1. The maximum absolute atomic E-state index is 13.2. The zero-order valence-corrected chi connectivity index (χ0v) is 13.4. The Morgan fingerprint density at radius 1 is 1.39 bits per heavy atom. The second-order valence-electron chi connectivity index (χ2n) is 6.26. The van der Waals surface area contributed by atoms with Crippen molar-refractivity contribution in [2.45, 2.75) is 51.0 Å². The van der Waals surface area contributed by atoms with Crippen molar-refractivity contribution in [3.05, 3.63) is 29.3 Å². The zero-order chi connectivity index (χ0) is 17.3. The van der Waals surface area contributed by atoms with Crippen LogP contribution >= 0.6 is 0 Å². The first kappa shape index (κ1) is 17.6. The summed E-state index contributed by atoms with van der Waals surface area (Å²) in [7, 11) is 1.33. The van der Waals surface area contributed by atoms with Crippen LogP contribution in [0.4, 0.5) is 13.2 Å². The number of ether oxygens (including phenoxy) is 1. The van der Waals surface area contributed by atoms with Gasteiger partial charge in [0.15, 0.2) is 0 Å². The number of rotatable bonds is 4. The Labute approximate surface area is 133 Å². The minimum Gasteiger partial charge on any atom is -0.497 e. The molecule has 0 spiro atoms. The van der Waals surface area contributed by atoms with Crippen LogP contribution in [0.25, 0.3) is 0 Å². The zero-order valence-electron chi connectivity index (χ0n) is 13.4. The number of carbonyl (C=O) groups excluding carboxylic acids is 1. The summed E-state index contributed by atoms with van der Waals surface area (Å²) in [5, 5.41) is 6.00. The van der Waals surface area contributed by atoms with E-state index in [0.29, 0.717) is 12.8 Å². The highest BCUT2D eigenvalue weighted by Gasteiger charge is 2.37. The normalized spacial score (nSPS) is 21.0. The second kappa shape index (κ2) is 6.39. The van der Waals surface area contributed by atoms with Gasteiger partial charge in [0.05, 0.1) is 12.7 Å². The van der Waals surface area contributed by atoms with E-state index in [-0.39, 0.29) is 29.8 Å². The summed E-state index contributed by atoms with van der Waals surface area (Å²) < 4.78 is 44.5. The van der Waals surface area contributed by atoms with Gasteiger partial charge >= 0.3 is 6.18 Å². The molecule has 1 amide bonds. The molecule has 2 N–H and O–H groups in total. The highest BCUT2D eigenvalue weighted by Crippen LogP contribution is 2.34. The van der Waals surface area contributed by atoms with Gasteiger partial charge in [-0.25, -0.2) is 0 Å². The fourth-order valence-electron chi connectivity index (χ4n) is 2.84. The van der Waals surface area contributed by atoms with Crippen LogP contribution in [0.5, 0.6) is 5.75 Å². The molecule has 1 aliphatic rings. The van der Waals surface area contributed by atoms with Gasteiger partial charge in [0.1, 0.15) is 5.75 Å². The molecule has 0 aliphatic carbocycles. The SMILES string of the molecule is COc1ccc(CNC2CCC(=O)NC2(C)C)c(C(F)(F)F)c1. The first-order valence-corrected chi connectivity index (χ1v) is 7.42. The first-order chi connectivity index (χ1) is 10.6. The summed E-state index contributed by atoms with van der Waals surface area (Å²) >= 11 is 0. The first-order valence-electron chi connectivity index (χ1n) is 7.42. The van der Waals surface area contributed by atoms with Crippen molar-refractivity contribution in [1.82, 2.24) is 10.6 Å². The molecule has 1 aromatic carbocycles. The second-order valence-corrected chi connectivity index (χ2v) is 6.26. The molecule has 0 saturated carbocycles. The summed E-state index contributed by atoms with van der Waals surface area (Å²) in [6, 6.07) is 3.84. The average Bonchev–Trinajstić information content (AvgIpc) is 2.44. The van der Waals surface area contributed by atoms with E-state index in [2.05, 4.69) is 10.6 Å². The van der Waals surface area contributed by atoms with E-state index in [9.17, 15) is 18.0 Å². The number of nitrogens with one attached hydrogen (secondary N) is 2. The number of carbonyl (C=O) groups is 1. The van der Waals surface area contributed by atoms with Crippen LogP contribution in [0.15, 0.2) is 18.2 Å². The van der Waals surface area contributed by atoms with Crippen molar-refractivity contribution in [3.63, 3.8) is 0 Å². The third-order valence-corrected chi connectivity index (χ3v) is 4.15. The lowest BCUT2D eigenvalue weighted by Gasteiger charge is -2.40. The molecule has 0 bridgehead atoms. The molecule has 0 aromatic heterocycles. The molecule has 1 aliphatic heterocycles. The van der Waals surface area contributed by atoms with Crippen LogP contribution in [0.1, 0.15) is 37.8 Å². The Morgan fingerprint density at radius 2 is 2.09 bits per heavy atom. The van der Waals surface area contributed by atoms with Crippen LogP contribution in [-0.4, -0.2) is 24.6 Å². The molecular weight excluding hydrogens is 309 g/mol. The number of amides is 1. The van der Waals surface area contributed by atoms with Crippen LogP contribution in [0, 0.1) is 0 Å². The van der Waals surface area contributed by atoms with Crippen LogP contribution in [0.2, 0.25) is 0 Å². The highest BCUT2D eigenvalue weighted by molar-refractivity contribution is 5.77. The largest absolute Gasteiger partial charge is 0.497 e. The number of alkyl halides is 3. The maximum Gasteiger partial charge on any atom is 0.416 e. The summed E-state index contributed by atoms with van der Waals surface area (Å²) in [5.41, 5.74) is -1.05. The molecule has 23 heavy (non-hydrogen) atoms. The molecule has 4 nitrogen and oxygen atoms in total. The maximum atomic E-state index is 13.2. The van der Waals surface area contributed by atoms with Crippen molar-refractivity contribution < 1.29 is 22.7 Å². The van der Waals surface area contributed by atoms with Gasteiger partial charge in [-0.1, -0.05) is 6.07 Å². The fourth-order valence-corrected chi connectivity index (χ4v) is 2.84. The third kappa shape index (κ3) is 4.16. The average molecular weight is 330 g/mol. The lowest BCUT2D eigenvalue weighted by Crippen LogP contribution is -2.60.